The lowest BCUT2D eigenvalue weighted by atomic mass is 10.1. The van der Waals surface area contributed by atoms with E-state index in [1.165, 1.54) is 0 Å². The summed E-state index contributed by atoms with van der Waals surface area (Å²) in [7, 11) is 0. The molecule has 1 aromatic rings. The van der Waals surface area contributed by atoms with Crippen molar-refractivity contribution < 1.29 is 14.6 Å². The van der Waals surface area contributed by atoms with Crippen LogP contribution in [0.1, 0.15) is 25.8 Å². The first kappa shape index (κ1) is 14.5. The highest BCUT2D eigenvalue weighted by Crippen LogP contribution is 2.14. The molecule has 2 atom stereocenters. The van der Waals surface area contributed by atoms with E-state index >= 15 is 0 Å². The summed E-state index contributed by atoms with van der Waals surface area (Å²) < 4.78 is 5.46. The molecule has 1 amide bonds. The van der Waals surface area contributed by atoms with Crippen LogP contribution >= 0.6 is 0 Å². The minimum Gasteiger partial charge on any atom is -0.493 e. The zero-order valence-electron chi connectivity index (χ0n) is 10.9. The Labute approximate surface area is 108 Å². The third-order valence-corrected chi connectivity index (χ3v) is 2.76. The molecule has 0 aliphatic carbocycles. The lowest BCUT2D eigenvalue weighted by Gasteiger charge is -2.10. The van der Waals surface area contributed by atoms with Crippen molar-refractivity contribution in [2.24, 2.45) is 11.7 Å². The van der Waals surface area contributed by atoms with Crippen molar-refractivity contribution in [3.05, 3.63) is 29.8 Å². The van der Waals surface area contributed by atoms with Gasteiger partial charge in [-0.1, -0.05) is 19.1 Å². The fourth-order valence-corrected chi connectivity index (χ4v) is 1.43. The Morgan fingerprint density at radius 1 is 1.33 bits per heavy atom. The van der Waals surface area contributed by atoms with Crippen LogP contribution in [-0.2, 0) is 11.2 Å². The molecular formula is C14H21NO3. The fraction of sp³-hybridized carbons (Fsp3) is 0.500. The Bertz CT molecular complexity index is 373. The van der Waals surface area contributed by atoms with Crippen molar-refractivity contribution in [1.29, 1.82) is 0 Å². The minimum atomic E-state index is -0.358. The van der Waals surface area contributed by atoms with Gasteiger partial charge in [-0.2, -0.15) is 0 Å². The lowest BCUT2D eigenvalue weighted by molar-refractivity contribution is -0.122. The first-order valence-corrected chi connectivity index (χ1v) is 6.18. The average molecular weight is 251 g/mol. The predicted octanol–water partition coefficient (Wildman–Crippen LogP) is 1.50. The molecule has 0 saturated heterocycles. The van der Waals surface area contributed by atoms with E-state index in [-0.39, 0.29) is 17.9 Å². The van der Waals surface area contributed by atoms with Crippen molar-refractivity contribution in [2.45, 2.75) is 32.8 Å². The first-order chi connectivity index (χ1) is 8.49. The summed E-state index contributed by atoms with van der Waals surface area (Å²) in [4.78, 5) is 10.8. The van der Waals surface area contributed by atoms with Crippen LogP contribution in [0.5, 0.6) is 5.75 Å². The number of primary amides is 1. The molecule has 0 aliphatic heterocycles. The van der Waals surface area contributed by atoms with Gasteiger partial charge in [-0.25, -0.2) is 0 Å². The van der Waals surface area contributed by atoms with E-state index in [1.54, 1.807) is 13.8 Å². The number of nitrogens with two attached hydrogens (primary N) is 1. The molecular weight excluding hydrogens is 230 g/mol. The molecule has 4 nitrogen and oxygen atoms in total. The van der Waals surface area contributed by atoms with Crippen LogP contribution in [0.3, 0.4) is 0 Å². The SMILES string of the molecule is CC(O)CCc1ccc(OCC(C)C(N)=O)cc1. The van der Waals surface area contributed by atoms with Gasteiger partial charge in [-0.05, 0) is 37.5 Å². The van der Waals surface area contributed by atoms with Crippen molar-refractivity contribution in [2.75, 3.05) is 6.61 Å². The zero-order chi connectivity index (χ0) is 13.5. The molecule has 0 heterocycles. The zero-order valence-corrected chi connectivity index (χ0v) is 10.9. The van der Waals surface area contributed by atoms with Gasteiger partial charge in [0.1, 0.15) is 5.75 Å². The molecule has 0 fully saturated rings. The largest absolute Gasteiger partial charge is 0.493 e. The Morgan fingerprint density at radius 2 is 1.94 bits per heavy atom. The van der Waals surface area contributed by atoms with Crippen LogP contribution < -0.4 is 10.5 Å². The van der Waals surface area contributed by atoms with Gasteiger partial charge in [0, 0.05) is 0 Å². The number of carbonyl (C=O) groups excluding carboxylic acids is 1. The maximum Gasteiger partial charge on any atom is 0.223 e. The van der Waals surface area contributed by atoms with Crippen LogP contribution in [0, 0.1) is 5.92 Å². The summed E-state index contributed by atoms with van der Waals surface area (Å²) in [6.45, 7) is 3.81. The van der Waals surface area contributed by atoms with Crippen LogP contribution in [0.2, 0.25) is 0 Å². The van der Waals surface area contributed by atoms with Gasteiger partial charge in [0.15, 0.2) is 0 Å². The summed E-state index contributed by atoms with van der Waals surface area (Å²) in [6.07, 6.45) is 1.31. The number of amides is 1. The summed E-state index contributed by atoms with van der Waals surface area (Å²) in [5.41, 5.74) is 6.31. The second-order valence-electron chi connectivity index (χ2n) is 4.65. The predicted molar refractivity (Wildman–Crippen MR) is 70.3 cm³/mol. The highest BCUT2D eigenvalue weighted by atomic mass is 16.5. The third-order valence-electron chi connectivity index (χ3n) is 2.76. The van der Waals surface area contributed by atoms with E-state index in [0.717, 1.165) is 24.2 Å². The Morgan fingerprint density at radius 3 is 2.44 bits per heavy atom. The van der Waals surface area contributed by atoms with Crippen molar-refractivity contribution >= 4 is 5.91 Å². The molecule has 0 radical (unpaired) electrons. The number of hydrogen-bond acceptors (Lipinski definition) is 3. The van der Waals surface area contributed by atoms with E-state index < -0.39 is 0 Å². The minimum absolute atomic E-state index is 0.280. The van der Waals surface area contributed by atoms with Gasteiger partial charge in [0.05, 0.1) is 18.6 Å². The number of rotatable bonds is 7. The highest BCUT2D eigenvalue weighted by Gasteiger charge is 2.09. The van der Waals surface area contributed by atoms with Crippen LogP contribution in [0.15, 0.2) is 24.3 Å². The van der Waals surface area contributed by atoms with Gasteiger partial charge in [0.25, 0.3) is 0 Å². The molecule has 18 heavy (non-hydrogen) atoms. The number of ether oxygens (including phenoxy) is 1. The average Bonchev–Trinajstić information content (AvgIpc) is 2.34. The van der Waals surface area contributed by atoms with Crippen LogP contribution in [-0.4, -0.2) is 23.7 Å². The standard InChI is InChI=1S/C14H21NO3/c1-10(14(15)17)9-18-13-7-5-12(6-8-13)4-3-11(2)16/h5-8,10-11,16H,3-4,9H2,1-2H3,(H2,15,17). The molecule has 4 heteroatoms. The van der Waals surface area contributed by atoms with E-state index in [4.69, 9.17) is 10.5 Å². The van der Waals surface area contributed by atoms with Gasteiger partial charge in [0.2, 0.25) is 5.91 Å². The first-order valence-electron chi connectivity index (χ1n) is 6.18. The Balaban J connectivity index is 2.42. The number of hydrogen-bond donors (Lipinski definition) is 2. The molecule has 100 valence electrons. The maximum absolute atomic E-state index is 10.8. The number of benzene rings is 1. The Kier molecular flexibility index (Phi) is 5.65. The quantitative estimate of drug-likeness (QED) is 0.771. The lowest BCUT2D eigenvalue weighted by Crippen LogP contribution is -2.25. The fourth-order valence-electron chi connectivity index (χ4n) is 1.43. The van der Waals surface area contributed by atoms with Crippen molar-refractivity contribution in [3.63, 3.8) is 0 Å². The summed E-state index contributed by atoms with van der Waals surface area (Å²) in [5, 5.41) is 9.20. The molecule has 0 spiro atoms. The summed E-state index contributed by atoms with van der Waals surface area (Å²) in [6, 6.07) is 7.66. The molecule has 1 rings (SSSR count). The summed E-state index contributed by atoms with van der Waals surface area (Å²) in [5.74, 6) is 0.0763. The van der Waals surface area contributed by atoms with Gasteiger partial charge in [-0.3, -0.25) is 4.79 Å². The van der Waals surface area contributed by atoms with E-state index in [9.17, 15) is 9.90 Å². The maximum atomic E-state index is 10.8. The molecule has 1 aromatic carbocycles. The third kappa shape index (κ3) is 5.19. The molecule has 0 aromatic heterocycles. The number of aliphatic hydroxyl groups is 1. The Hall–Kier alpha value is -1.55. The summed E-state index contributed by atoms with van der Waals surface area (Å²) >= 11 is 0. The number of aliphatic hydroxyl groups excluding tert-OH is 1. The van der Waals surface area contributed by atoms with Gasteiger partial charge in [-0.15, -0.1) is 0 Å². The van der Waals surface area contributed by atoms with E-state index in [2.05, 4.69) is 0 Å². The molecule has 2 unspecified atom stereocenters. The molecule has 0 saturated carbocycles. The molecule has 0 aliphatic rings. The van der Waals surface area contributed by atoms with E-state index in [0.29, 0.717) is 6.61 Å². The number of carbonyl (C=O) groups is 1. The van der Waals surface area contributed by atoms with Crippen LogP contribution in [0.4, 0.5) is 0 Å². The van der Waals surface area contributed by atoms with Crippen LogP contribution in [0.25, 0.3) is 0 Å². The van der Waals surface area contributed by atoms with Crippen molar-refractivity contribution in [3.8, 4) is 5.75 Å². The number of aryl methyl sites for hydroxylation is 1. The van der Waals surface area contributed by atoms with Gasteiger partial charge < -0.3 is 15.6 Å². The second kappa shape index (κ2) is 7.01. The van der Waals surface area contributed by atoms with E-state index in [1.807, 2.05) is 24.3 Å². The second-order valence-corrected chi connectivity index (χ2v) is 4.65. The highest BCUT2D eigenvalue weighted by molar-refractivity contribution is 5.76. The topological polar surface area (TPSA) is 72.6 Å². The van der Waals surface area contributed by atoms with Crippen molar-refractivity contribution in [1.82, 2.24) is 0 Å². The molecule has 0 bridgehead atoms. The van der Waals surface area contributed by atoms with Gasteiger partial charge >= 0.3 is 0 Å². The smallest absolute Gasteiger partial charge is 0.223 e. The monoisotopic (exact) mass is 251 g/mol. The normalized spacial score (nSPS) is 13.9. The molecule has 3 N–H and O–H groups in total.